The van der Waals surface area contributed by atoms with Gasteiger partial charge in [-0.05, 0) is 61.3 Å². The number of anilines is 1. The molecule has 0 unspecified atom stereocenters. The third-order valence-corrected chi connectivity index (χ3v) is 6.08. The van der Waals surface area contributed by atoms with Crippen LogP contribution in [0.3, 0.4) is 0 Å². The van der Waals surface area contributed by atoms with Crippen LogP contribution in [0.2, 0.25) is 0 Å². The summed E-state index contributed by atoms with van der Waals surface area (Å²) in [6.45, 7) is 5.88. The summed E-state index contributed by atoms with van der Waals surface area (Å²) in [5.41, 5.74) is 3.35. The van der Waals surface area contributed by atoms with E-state index in [1.807, 2.05) is 59.5 Å². The van der Waals surface area contributed by atoms with Crippen molar-refractivity contribution in [3.63, 3.8) is 0 Å². The van der Waals surface area contributed by atoms with Gasteiger partial charge in [0.2, 0.25) is 5.91 Å². The van der Waals surface area contributed by atoms with Crippen molar-refractivity contribution in [2.45, 2.75) is 19.3 Å². The first kappa shape index (κ1) is 22.9. The summed E-state index contributed by atoms with van der Waals surface area (Å²) in [6.07, 6.45) is 5.99. The average molecular weight is 448 g/mol. The van der Waals surface area contributed by atoms with Gasteiger partial charge in [0, 0.05) is 51.0 Å². The number of hydrogen-bond donors (Lipinski definition) is 1. The fraction of sp³-hybridized carbons (Fsp3) is 0.385. The van der Waals surface area contributed by atoms with Gasteiger partial charge in [-0.3, -0.25) is 9.69 Å². The normalized spacial score (nSPS) is 14.3. The summed E-state index contributed by atoms with van der Waals surface area (Å²) in [5, 5.41) is 7.46. The number of methoxy groups -OCH3 is 1. The van der Waals surface area contributed by atoms with Crippen molar-refractivity contribution in [3.8, 4) is 11.4 Å². The molecule has 0 spiro atoms. The molecule has 4 rings (SSSR count). The Kier molecular flexibility index (Phi) is 7.98. The molecule has 0 saturated carbocycles. The first-order chi connectivity index (χ1) is 16.2. The maximum Gasteiger partial charge on any atom is 0.220 e. The number of para-hydroxylation sites is 1. The van der Waals surface area contributed by atoms with Crippen LogP contribution in [-0.4, -0.2) is 67.0 Å². The number of rotatable bonds is 10. The van der Waals surface area contributed by atoms with Gasteiger partial charge in [-0.1, -0.05) is 18.2 Å². The number of hydrogen-bond acceptors (Lipinski definition) is 5. The standard InChI is InChI=1S/C26H33N5O2/c1-33-25-11-9-23(10-12-25)30-18-16-29(17-19-30)15-5-14-27-26(32)13-8-22-20-28-31(21-22)24-6-3-2-4-7-24/h2-4,6-7,9-12,20-21H,5,8,13-19H2,1H3,(H,27,32). The number of benzene rings is 2. The summed E-state index contributed by atoms with van der Waals surface area (Å²) in [6, 6.07) is 18.3. The lowest BCUT2D eigenvalue weighted by Gasteiger charge is -2.36. The minimum atomic E-state index is 0.104. The Labute approximate surface area is 196 Å². The quantitative estimate of drug-likeness (QED) is 0.484. The molecule has 1 aromatic heterocycles. The van der Waals surface area contributed by atoms with Gasteiger partial charge in [-0.25, -0.2) is 4.68 Å². The first-order valence-electron chi connectivity index (χ1n) is 11.7. The Bertz CT molecular complexity index is 995. The maximum atomic E-state index is 12.2. The monoisotopic (exact) mass is 447 g/mol. The van der Waals surface area contributed by atoms with E-state index in [4.69, 9.17) is 4.74 Å². The predicted molar refractivity (Wildman–Crippen MR) is 131 cm³/mol. The molecule has 0 aliphatic carbocycles. The van der Waals surface area contributed by atoms with E-state index in [0.717, 1.165) is 62.7 Å². The van der Waals surface area contributed by atoms with Gasteiger partial charge >= 0.3 is 0 Å². The lowest BCUT2D eigenvalue weighted by atomic mass is 10.2. The summed E-state index contributed by atoms with van der Waals surface area (Å²) in [7, 11) is 1.69. The SMILES string of the molecule is COc1ccc(N2CCN(CCCNC(=O)CCc3cnn(-c4ccccc4)c3)CC2)cc1. The van der Waals surface area contributed by atoms with E-state index in [0.29, 0.717) is 12.8 Å². The van der Waals surface area contributed by atoms with Crippen LogP contribution >= 0.6 is 0 Å². The molecule has 1 fully saturated rings. The molecule has 0 radical (unpaired) electrons. The van der Waals surface area contributed by atoms with Crippen molar-refractivity contribution in [2.24, 2.45) is 0 Å². The van der Waals surface area contributed by atoms with Gasteiger partial charge in [-0.15, -0.1) is 0 Å². The first-order valence-corrected chi connectivity index (χ1v) is 11.7. The Hall–Kier alpha value is -3.32. The van der Waals surface area contributed by atoms with Gasteiger partial charge in [0.1, 0.15) is 5.75 Å². The topological polar surface area (TPSA) is 62.6 Å². The zero-order valence-electron chi connectivity index (χ0n) is 19.3. The molecule has 1 N–H and O–H groups in total. The van der Waals surface area contributed by atoms with Crippen LogP contribution in [-0.2, 0) is 11.2 Å². The zero-order valence-corrected chi connectivity index (χ0v) is 19.3. The molecule has 3 aromatic rings. The van der Waals surface area contributed by atoms with E-state index in [1.165, 1.54) is 5.69 Å². The average Bonchev–Trinajstić information content (AvgIpc) is 3.36. The number of aryl methyl sites for hydroxylation is 1. The van der Waals surface area contributed by atoms with Gasteiger partial charge < -0.3 is 15.0 Å². The highest BCUT2D eigenvalue weighted by molar-refractivity contribution is 5.76. The molecule has 33 heavy (non-hydrogen) atoms. The van der Waals surface area contributed by atoms with Crippen LogP contribution in [0.4, 0.5) is 5.69 Å². The van der Waals surface area contributed by atoms with Crippen LogP contribution in [0, 0.1) is 0 Å². The molecule has 1 amide bonds. The lowest BCUT2D eigenvalue weighted by Crippen LogP contribution is -2.47. The second kappa shape index (κ2) is 11.5. The minimum Gasteiger partial charge on any atom is -0.497 e. The largest absolute Gasteiger partial charge is 0.497 e. The van der Waals surface area contributed by atoms with Crippen molar-refractivity contribution in [1.29, 1.82) is 0 Å². The number of aromatic nitrogens is 2. The summed E-state index contributed by atoms with van der Waals surface area (Å²) in [5.74, 6) is 0.994. The second-order valence-electron chi connectivity index (χ2n) is 8.36. The molecule has 7 nitrogen and oxygen atoms in total. The molecule has 0 bridgehead atoms. The minimum absolute atomic E-state index is 0.104. The summed E-state index contributed by atoms with van der Waals surface area (Å²) in [4.78, 5) is 17.1. The summed E-state index contributed by atoms with van der Waals surface area (Å²) < 4.78 is 7.09. The van der Waals surface area contributed by atoms with Crippen LogP contribution in [0.25, 0.3) is 5.69 Å². The van der Waals surface area contributed by atoms with Crippen molar-refractivity contribution >= 4 is 11.6 Å². The lowest BCUT2D eigenvalue weighted by molar-refractivity contribution is -0.121. The van der Waals surface area contributed by atoms with E-state index in [2.05, 4.69) is 32.3 Å². The molecule has 1 saturated heterocycles. The number of nitrogens with one attached hydrogen (secondary N) is 1. The predicted octanol–water partition coefficient (Wildman–Crippen LogP) is 3.14. The fourth-order valence-electron chi connectivity index (χ4n) is 4.11. The molecule has 7 heteroatoms. The molecule has 174 valence electrons. The second-order valence-corrected chi connectivity index (χ2v) is 8.36. The smallest absolute Gasteiger partial charge is 0.220 e. The van der Waals surface area contributed by atoms with Gasteiger partial charge in [-0.2, -0.15) is 5.10 Å². The van der Waals surface area contributed by atoms with Crippen molar-refractivity contribution in [2.75, 3.05) is 51.3 Å². The Morgan fingerprint density at radius 1 is 1.00 bits per heavy atom. The van der Waals surface area contributed by atoms with Crippen LogP contribution in [0.5, 0.6) is 5.75 Å². The van der Waals surface area contributed by atoms with Crippen LogP contribution in [0.15, 0.2) is 67.0 Å². The van der Waals surface area contributed by atoms with Crippen molar-refractivity contribution < 1.29 is 9.53 Å². The molecule has 0 atom stereocenters. The number of carbonyl (C=O) groups is 1. The third-order valence-electron chi connectivity index (χ3n) is 6.08. The molecule has 2 heterocycles. The van der Waals surface area contributed by atoms with E-state index in [9.17, 15) is 4.79 Å². The van der Waals surface area contributed by atoms with E-state index in [1.54, 1.807) is 7.11 Å². The number of ether oxygens (including phenoxy) is 1. The number of amides is 1. The molecule has 1 aliphatic rings. The summed E-state index contributed by atoms with van der Waals surface area (Å²) >= 11 is 0. The highest BCUT2D eigenvalue weighted by atomic mass is 16.5. The Balaban J connectivity index is 1.09. The molecular weight excluding hydrogens is 414 g/mol. The number of carbonyl (C=O) groups excluding carboxylic acids is 1. The third kappa shape index (κ3) is 6.58. The van der Waals surface area contributed by atoms with Crippen molar-refractivity contribution in [1.82, 2.24) is 20.0 Å². The van der Waals surface area contributed by atoms with E-state index < -0.39 is 0 Å². The fourth-order valence-corrected chi connectivity index (χ4v) is 4.11. The van der Waals surface area contributed by atoms with Crippen LogP contribution < -0.4 is 15.0 Å². The van der Waals surface area contributed by atoms with Crippen LogP contribution in [0.1, 0.15) is 18.4 Å². The number of piperazine rings is 1. The van der Waals surface area contributed by atoms with E-state index >= 15 is 0 Å². The maximum absolute atomic E-state index is 12.2. The highest BCUT2D eigenvalue weighted by Gasteiger charge is 2.17. The number of nitrogens with zero attached hydrogens (tertiary/aromatic N) is 4. The van der Waals surface area contributed by atoms with Crippen molar-refractivity contribution in [3.05, 3.63) is 72.6 Å². The van der Waals surface area contributed by atoms with Gasteiger partial charge in [0.05, 0.1) is 19.0 Å². The Morgan fingerprint density at radius 3 is 2.48 bits per heavy atom. The molecular formula is C26H33N5O2. The zero-order chi connectivity index (χ0) is 22.9. The molecule has 1 aliphatic heterocycles. The van der Waals surface area contributed by atoms with Gasteiger partial charge in [0.25, 0.3) is 0 Å². The highest BCUT2D eigenvalue weighted by Crippen LogP contribution is 2.20. The van der Waals surface area contributed by atoms with Gasteiger partial charge in [0.15, 0.2) is 0 Å². The van der Waals surface area contributed by atoms with E-state index in [-0.39, 0.29) is 5.91 Å². The Morgan fingerprint density at radius 2 is 1.76 bits per heavy atom. The molecule has 2 aromatic carbocycles.